The molecule has 0 spiro atoms. The van der Waals surface area contributed by atoms with Crippen LogP contribution in [-0.2, 0) is 13.2 Å². The van der Waals surface area contributed by atoms with E-state index < -0.39 is 0 Å². The third-order valence-corrected chi connectivity index (χ3v) is 5.43. The van der Waals surface area contributed by atoms with Crippen LogP contribution in [-0.4, -0.2) is 11.0 Å². The maximum Gasteiger partial charge on any atom is 0.251 e. The molecule has 0 aromatic heterocycles. The average molecular weight is 432 g/mol. The van der Waals surface area contributed by atoms with Gasteiger partial charge in [-0.05, 0) is 89.7 Å². The van der Waals surface area contributed by atoms with Crippen molar-refractivity contribution in [2.75, 3.05) is 0 Å². The Morgan fingerprint density at radius 2 is 1.72 bits per heavy atom. The second-order valence-corrected chi connectivity index (χ2v) is 7.74. The van der Waals surface area contributed by atoms with E-state index in [-0.39, 0.29) is 24.9 Å². The number of rotatable bonds is 5. The molecule has 29 heavy (non-hydrogen) atoms. The van der Waals surface area contributed by atoms with Crippen LogP contribution in [0.1, 0.15) is 32.6 Å². The summed E-state index contributed by atoms with van der Waals surface area (Å²) < 4.78 is 13.8. The number of carbonyl (C=O) groups is 1. The van der Waals surface area contributed by atoms with Gasteiger partial charge in [-0.1, -0.05) is 29.3 Å². The van der Waals surface area contributed by atoms with Gasteiger partial charge in [0.25, 0.3) is 5.91 Å². The predicted octanol–water partition coefficient (Wildman–Crippen LogP) is 5.84. The minimum absolute atomic E-state index is 0.208. The summed E-state index contributed by atoms with van der Waals surface area (Å²) in [5.74, 6) is -0.562. The molecule has 0 radical (unpaired) electrons. The molecule has 0 unspecified atom stereocenters. The standard InChI is InChI=1S/C23H20Cl2FNO2/c1-13-6-22(26)14(2)5-19(13)17-7-16(12-28)8-18(10-17)23(29)27-11-15-3-4-20(24)21(25)9-15/h3-10,28H,11-12H2,1-2H3,(H,27,29). The molecule has 2 N–H and O–H groups in total. The van der Waals surface area contributed by atoms with Crippen molar-refractivity contribution in [3.63, 3.8) is 0 Å². The Morgan fingerprint density at radius 1 is 0.966 bits per heavy atom. The highest BCUT2D eigenvalue weighted by Crippen LogP contribution is 2.28. The Morgan fingerprint density at radius 3 is 2.41 bits per heavy atom. The van der Waals surface area contributed by atoms with E-state index in [0.29, 0.717) is 26.7 Å². The second-order valence-electron chi connectivity index (χ2n) is 6.92. The largest absolute Gasteiger partial charge is 0.392 e. The van der Waals surface area contributed by atoms with Crippen LogP contribution in [0.3, 0.4) is 0 Å². The molecule has 6 heteroatoms. The first-order valence-electron chi connectivity index (χ1n) is 9.02. The number of aliphatic hydroxyl groups excluding tert-OH is 1. The fourth-order valence-corrected chi connectivity index (χ4v) is 3.42. The molecule has 0 aliphatic heterocycles. The van der Waals surface area contributed by atoms with Crippen LogP contribution >= 0.6 is 23.2 Å². The lowest BCUT2D eigenvalue weighted by Crippen LogP contribution is -2.23. The van der Waals surface area contributed by atoms with Crippen molar-refractivity contribution >= 4 is 29.1 Å². The molecule has 0 fully saturated rings. The molecule has 0 heterocycles. The Labute approximate surface area is 179 Å². The second kappa shape index (κ2) is 8.95. The van der Waals surface area contributed by atoms with E-state index in [1.165, 1.54) is 6.07 Å². The van der Waals surface area contributed by atoms with E-state index in [1.807, 2.05) is 6.92 Å². The smallest absolute Gasteiger partial charge is 0.251 e. The number of halogens is 3. The summed E-state index contributed by atoms with van der Waals surface area (Å²) in [5.41, 5.74) is 4.67. The number of carbonyl (C=O) groups excluding carboxylic acids is 1. The SMILES string of the molecule is Cc1cc(-c2cc(CO)cc(C(=O)NCc3ccc(Cl)c(Cl)c3)c2)c(C)cc1F. The molecule has 1 amide bonds. The van der Waals surface area contributed by atoms with Gasteiger partial charge < -0.3 is 10.4 Å². The van der Waals surface area contributed by atoms with Crippen molar-refractivity contribution in [2.24, 2.45) is 0 Å². The van der Waals surface area contributed by atoms with Crippen LogP contribution in [0.2, 0.25) is 10.0 Å². The third kappa shape index (κ3) is 4.96. The fraction of sp³-hybridized carbons (Fsp3) is 0.174. The maximum absolute atomic E-state index is 13.8. The quantitative estimate of drug-likeness (QED) is 0.532. The third-order valence-electron chi connectivity index (χ3n) is 4.69. The van der Waals surface area contributed by atoms with E-state index >= 15 is 0 Å². The highest BCUT2D eigenvalue weighted by atomic mass is 35.5. The van der Waals surface area contributed by atoms with Gasteiger partial charge in [0.2, 0.25) is 0 Å². The van der Waals surface area contributed by atoms with Crippen molar-refractivity contribution in [3.05, 3.63) is 92.2 Å². The van der Waals surface area contributed by atoms with E-state index in [4.69, 9.17) is 23.2 Å². The van der Waals surface area contributed by atoms with Crippen LogP contribution in [0.5, 0.6) is 0 Å². The normalized spacial score (nSPS) is 10.8. The zero-order valence-electron chi connectivity index (χ0n) is 16.0. The number of nitrogens with one attached hydrogen (secondary N) is 1. The van der Waals surface area contributed by atoms with Gasteiger partial charge in [-0.15, -0.1) is 0 Å². The van der Waals surface area contributed by atoms with Crippen molar-refractivity contribution in [1.82, 2.24) is 5.32 Å². The highest BCUT2D eigenvalue weighted by Gasteiger charge is 2.13. The van der Waals surface area contributed by atoms with Gasteiger partial charge in [-0.2, -0.15) is 0 Å². The van der Waals surface area contributed by atoms with Gasteiger partial charge in [0.15, 0.2) is 0 Å². The number of hydrogen-bond acceptors (Lipinski definition) is 2. The number of aliphatic hydroxyl groups is 1. The fourth-order valence-electron chi connectivity index (χ4n) is 3.10. The zero-order chi connectivity index (χ0) is 21.1. The summed E-state index contributed by atoms with van der Waals surface area (Å²) in [6, 6.07) is 13.6. The lowest BCUT2D eigenvalue weighted by atomic mass is 9.94. The van der Waals surface area contributed by atoms with Gasteiger partial charge in [0, 0.05) is 12.1 Å². The Balaban J connectivity index is 1.89. The molecule has 3 rings (SSSR count). The molecule has 0 saturated carbocycles. The first kappa shape index (κ1) is 21.3. The molecule has 0 bridgehead atoms. The minimum Gasteiger partial charge on any atom is -0.392 e. The summed E-state index contributed by atoms with van der Waals surface area (Å²) >= 11 is 11.9. The van der Waals surface area contributed by atoms with Gasteiger partial charge in [0.05, 0.1) is 16.7 Å². The van der Waals surface area contributed by atoms with E-state index in [2.05, 4.69) is 5.32 Å². The summed E-state index contributed by atoms with van der Waals surface area (Å²) in [5, 5.41) is 13.3. The van der Waals surface area contributed by atoms with Gasteiger partial charge in [0.1, 0.15) is 5.82 Å². The number of hydrogen-bond donors (Lipinski definition) is 2. The zero-order valence-corrected chi connectivity index (χ0v) is 17.5. The van der Waals surface area contributed by atoms with Crippen LogP contribution < -0.4 is 5.32 Å². The lowest BCUT2D eigenvalue weighted by molar-refractivity contribution is 0.0950. The number of aryl methyl sites for hydroxylation is 2. The minimum atomic E-state index is -0.288. The number of amides is 1. The molecule has 3 nitrogen and oxygen atoms in total. The molecule has 3 aromatic carbocycles. The monoisotopic (exact) mass is 431 g/mol. The summed E-state index contributed by atoms with van der Waals surface area (Å²) in [7, 11) is 0. The summed E-state index contributed by atoms with van der Waals surface area (Å²) in [4.78, 5) is 12.7. The van der Waals surface area contributed by atoms with Crippen molar-refractivity contribution in [2.45, 2.75) is 27.0 Å². The van der Waals surface area contributed by atoms with Crippen molar-refractivity contribution in [1.29, 1.82) is 0 Å². The van der Waals surface area contributed by atoms with E-state index in [1.54, 1.807) is 49.4 Å². The topological polar surface area (TPSA) is 49.3 Å². The lowest BCUT2D eigenvalue weighted by Gasteiger charge is -2.13. The Bertz CT molecular complexity index is 1080. The maximum atomic E-state index is 13.8. The van der Waals surface area contributed by atoms with Crippen LogP contribution in [0.25, 0.3) is 11.1 Å². The first-order valence-corrected chi connectivity index (χ1v) is 9.78. The number of benzene rings is 3. The van der Waals surface area contributed by atoms with Crippen molar-refractivity contribution < 1.29 is 14.3 Å². The Kier molecular flexibility index (Phi) is 6.58. The van der Waals surface area contributed by atoms with Gasteiger partial charge in [-0.25, -0.2) is 4.39 Å². The Hall–Kier alpha value is -2.40. The van der Waals surface area contributed by atoms with Crippen LogP contribution in [0.15, 0.2) is 48.5 Å². The first-order chi connectivity index (χ1) is 13.8. The predicted molar refractivity (Wildman–Crippen MR) is 115 cm³/mol. The van der Waals surface area contributed by atoms with E-state index in [0.717, 1.165) is 22.3 Å². The van der Waals surface area contributed by atoms with Crippen LogP contribution in [0, 0.1) is 19.7 Å². The molecule has 150 valence electrons. The highest BCUT2D eigenvalue weighted by molar-refractivity contribution is 6.42. The van der Waals surface area contributed by atoms with E-state index in [9.17, 15) is 14.3 Å². The average Bonchev–Trinajstić information content (AvgIpc) is 2.70. The van der Waals surface area contributed by atoms with Gasteiger partial charge >= 0.3 is 0 Å². The molecular formula is C23H20Cl2FNO2. The molecule has 0 aliphatic rings. The molecule has 0 saturated heterocycles. The van der Waals surface area contributed by atoms with Crippen LogP contribution in [0.4, 0.5) is 4.39 Å². The van der Waals surface area contributed by atoms with Gasteiger partial charge in [-0.3, -0.25) is 4.79 Å². The molecule has 3 aromatic rings. The summed E-state index contributed by atoms with van der Waals surface area (Å²) in [6.07, 6.45) is 0. The summed E-state index contributed by atoms with van der Waals surface area (Å²) in [6.45, 7) is 3.58. The molecular weight excluding hydrogens is 412 g/mol. The molecule has 0 aliphatic carbocycles. The molecule has 0 atom stereocenters. The van der Waals surface area contributed by atoms with Crippen molar-refractivity contribution in [3.8, 4) is 11.1 Å².